The zero-order valence-corrected chi connectivity index (χ0v) is 27.6. The van der Waals surface area contributed by atoms with E-state index in [0.29, 0.717) is 0 Å². The van der Waals surface area contributed by atoms with Crippen LogP contribution in [0.2, 0.25) is 0 Å². The molecule has 8 rings (SSSR count). The van der Waals surface area contributed by atoms with Crippen LogP contribution in [0.15, 0.2) is 140 Å². The first kappa shape index (κ1) is 30.9. The Balaban J connectivity index is 0.000000206. The van der Waals surface area contributed by atoms with Crippen LogP contribution in [0.3, 0.4) is 0 Å². The summed E-state index contributed by atoms with van der Waals surface area (Å²) in [4.78, 5) is 0. The van der Waals surface area contributed by atoms with E-state index in [9.17, 15) is 0 Å². The van der Waals surface area contributed by atoms with Crippen LogP contribution in [-0.4, -0.2) is 10.7 Å². The van der Waals surface area contributed by atoms with Gasteiger partial charge in [0.15, 0.2) is 0 Å². The Morgan fingerprint density at radius 2 is 1.52 bits per heavy atom. The predicted octanol–water partition coefficient (Wildman–Crippen LogP) is 12.1. The third kappa shape index (κ3) is 6.21. The number of para-hydroxylation sites is 1. The number of allylic oxidation sites excluding steroid dienone is 6. The second-order valence-electron chi connectivity index (χ2n) is 12.0. The minimum absolute atomic E-state index is 0.163. The van der Waals surface area contributed by atoms with Gasteiger partial charge in [0.1, 0.15) is 11.9 Å². The Morgan fingerprint density at radius 1 is 0.783 bits per heavy atom. The molecule has 0 N–H and O–H groups in total. The minimum Gasteiger partial charge on any atom is -0.485 e. The Labute approximate surface area is 273 Å². The molecule has 0 amide bonds. The van der Waals surface area contributed by atoms with Gasteiger partial charge in [-0.2, -0.15) is 0 Å². The van der Waals surface area contributed by atoms with Crippen LogP contribution in [0, 0.1) is 13.8 Å². The molecule has 1 unspecified atom stereocenters. The lowest BCUT2D eigenvalue weighted by atomic mass is 9.94. The number of ether oxygens (including phenoxy) is 1. The van der Waals surface area contributed by atoms with E-state index in [1.807, 2.05) is 19.1 Å². The topological polar surface area (TPSA) is 14.2 Å². The van der Waals surface area contributed by atoms with E-state index in [1.54, 1.807) is 0 Å². The number of hydrogen-bond donors (Lipinski definition) is 0. The fraction of sp³-hybridized carbons (Fsp3) is 0.182. The van der Waals surface area contributed by atoms with Crippen molar-refractivity contribution in [2.45, 2.75) is 46.6 Å². The molecule has 2 aliphatic rings. The molecule has 1 aliphatic carbocycles. The van der Waals surface area contributed by atoms with Crippen molar-refractivity contribution in [3.63, 3.8) is 0 Å². The third-order valence-electron chi connectivity index (χ3n) is 8.97. The molecular weight excluding hydrogens is 558 g/mol. The van der Waals surface area contributed by atoms with E-state index in [1.165, 1.54) is 66.0 Å². The summed E-state index contributed by atoms with van der Waals surface area (Å²) >= 11 is 0. The molecule has 0 spiro atoms. The van der Waals surface area contributed by atoms with E-state index in [4.69, 9.17) is 4.74 Å². The van der Waals surface area contributed by atoms with Gasteiger partial charge >= 0.3 is 0 Å². The molecule has 1 aromatic heterocycles. The summed E-state index contributed by atoms with van der Waals surface area (Å²) in [6, 6.07) is 34.9. The molecule has 0 saturated heterocycles. The maximum absolute atomic E-state index is 6.30. The van der Waals surface area contributed by atoms with Crippen molar-refractivity contribution in [2.75, 3.05) is 0 Å². The lowest BCUT2D eigenvalue weighted by molar-refractivity contribution is 0.279. The van der Waals surface area contributed by atoms with Crippen LogP contribution in [-0.2, 0) is 7.05 Å². The smallest absolute Gasteiger partial charge is 0.128 e. The van der Waals surface area contributed by atoms with E-state index in [2.05, 4.69) is 160 Å². The van der Waals surface area contributed by atoms with Crippen molar-refractivity contribution in [1.82, 2.24) is 4.57 Å². The molecule has 1 atom stereocenters. The van der Waals surface area contributed by atoms with Crippen LogP contribution in [0.1, 0.15) is 43.4 Å². The van der Waals surface area contributed by atoms with Gasteiger partial charge in [0.05, 0.1) is 5.52 Å². The molecule has 6 aromatic rings. The predicted molar refractivity (Wildman–Crippen MR) is 200 cm³/mol. The average Bonchev–Trinajstić information content (AvgIpc) is 3.60. The molecule has 2 heteroatoms. The third-order valence-corrected chi connectivity index (χ3v) is 8.97. The van der Waals surface area contributed by atoms with Crippen LogP contribution in [0.5, 0.6) is 5.75 Å². The van der Waals surface area contributed by atoms with Gasteiger partial charge in [-0.1, -0.05) is 128 Å². The van der Waals surface area contributed by atoms with Gasteiger partial charge in [-0.05, 0) is 72.9 Å². The van der Waals surface area contributed by atoms with Gasteiger partial charge in [-0.3, -0.25) is 0 Å². The van der Waals surface area contributed by atoms with Crippen molar-refractivity contribution in [3.05, 3.63) is 156 Å². The molecule has 230 valence electrons. The fourth-order valence-electron chi connectivity index (χ4n) is 6.35. The molecular formula is C44H43NO. The lowest BCUT2D eigenvalue weighted by Gasteiger charge is -2.12. The zero-order valence-electron chi connectivity index (χ0n) is 27.6. The largest absolute Gasteiger partial charge is 0.485 e. The van der Waals surface area contributed by atoms with Gasteiger partial charge in [0.2, 0.25) is 0 Å². The molecule has 0 bridgehead atoms. The first-order chi connectivity index (χ1) is 22.5. The van der Waals surface area contributed by atoms with Crippen LogP contribution < -0.4 is 4.74 Å². The lowest BCUT2D eigenvalue weighted by Crippen LogP contribution is -2.12. The number of nitrogens with zero attached hydrogens (tertiary/aromatic N) is 1. The standard InChI is InChI=1S/C29H21NO.C8H10.C7H12/c1-30-26-16-19-8-3-2-7-18(19)15-25(26)24-11-6-10-21(29(24)30)20-13-14-23-22-9-4-5-12-27(22)31-28(23)17-20;1-7-5-3-4-6-8(7)2;1-3-5-7-6-4-2/h2-11,13-17,27H,12H2,1H3;3-6H,1-2H3;3,5-7H,4H2,1-2H3/b;;5-3-,7-6-. The monoisotopic (exact) mass is 601 g/mol. The number of hydrogen-bond acceptors (Lipinski definition) is 1. The number of aryl methyl sites for hydroxylation is 3. The normalized spacial score (nSPS) is 14.9. The van der Waals surface area contributed by atoms with Crippen molar-refractivity contribution >= 4 is 38.2 Å². The molecule has 2 heterocycles. The van der Waals surface area contributed by atoms with Gasteiger partial charge in [-0.25, -0.2) is 0 Å². The highest BCUT2D eigenvalue weighted by atomic mass is 16.5. The van der Waals surface area contributed by atoms with Crippen molar-refractivity contribution < 1.29 is 4.74 Å². The van der Waals surface area contributed by atoms with Gasteiger partial charge in [0, 0.05) is 46.5 Å². The summed E-state index contributed by atoms with van der Waals surface area (Å²) < 4.78 is 8.64. The SMILES string of the molecule is C/C=C\C=C/CC.Cc1ccccc1C.Cn1c2cc3ccccc3cc2c2cccc(-c3ccc4c(c3)OC3CC=CC=C43)c21. The number of fused-ring (bicyclic) bond motifs is 7. The maximum Gasteiger partial charge on any atom is 0.128 e. The van der Waals surface area contributed by atoms with E-state index >= 15 is 0 Å². The second kappa shape index (κ2) is 13.9. The minimum atomic E-state index is 0.163. The summed E-state index contributed by atoms with van der Waals surface area (Å²) in [5.41, 5.74) is 10.2. The number of aromatic nitrogens is 1. The summed E-state index contributed by atoms with van der Waals surface area (Å²) in [5, 5.41) is 5.15. The van der Waals surface area contributed by atoms with Crippen molar-refractivity contribution in [1.29, 1.82) is 0 Å². The highest BCUT2D eigenvalue weighted by Gasteiger charge is 2.29. The fourth-order valence-corrected chi connectivity index (χ4v) is 6.35. The van der Waals surface area contributed by atoms with Crippen LogP contribution in [0.25, 0.3) is 49.3 Å². The van der Waals surface area contributed by atoms with Crippen molar-refractivity contribution in [3.8, 4) is 16.9 Å². The highest BCUT2D eigenvalue weighted by molar-refractivity contribution is 6.16. The van der Waals surface area contributed by atoms with E-state index in [0.717, 1.165) is 18.6 Å². The van der Waals surface area contributed by atoms with E-state index in [-0.39, 0.29) is 6.10 Å². The molecule has 0 fully saturated rings. The molecule has 0 radical (unpaired) electrons. The Morgan fingerprint density at radius 3 is 2.24 bits per heavy atom. The molecule has 1 aliphatic heterocycles. The van der Waals surface area contributed by atoms with Crippen LogP contribution >= 0.6 is 0 Å². The van der Waals surface area contributed by atoms with E-state index < -0.39 is 0 Å². The first-order valence-electron chi connectivity index (χ1n) is 16.4. The molecule has 46 heavy (non-hydrogen) atoms. The summed E-state index contributed by atoms with van der Waals surface area (Å²) in [6.07, 6.45) is 17.0. The number of benzene rings is 5. The Hall–Kier alpha value is -5.08. The molecule has 5 aromatic carbocycles. The van der Waals surface area contributed by atoms with Crippen LogP contribution in [0.4, 0.5) is 0 Å². The average molecular weight is 602 g/mol. The Bertz CT molecular complexity index is 2110. The maximum atomic E-state index is 6.30. The van der Waals surface area contributed by atoms with Gasteiger partial charge < -0.3 is 9.30 Å². The Kier molecular flexibility index (Phi) is 9.36. The van der Waals surface area contributed by atoms with Crippen molar-refractivity contribution in [2.24, 2.45) is 7.05 Å². The molecule has 2 nitrogen and oxygen atoms in total. The summed E-state index contributed by atoms with van der Waals surface area (Å²) in [6.45, 7) is 8.38. The molecule has 0 saturated carbocycles. The first-order valence-corrected chi connectivity index (χ1v) is 16.4. The number of rotatable bonds is 3. The zero-order chi connectivity index (χ0) is 32.0. The summed E-state index contributed by atoms with van der Waals surface area (Å²) in [7, 11) is 2.18. The highest BCUT2D eigenvalue weighted by Crippen LogP contribution is 2.44. The quantitative estimate of drug-likeness (QED) is 0.184. The second-order valence-corrected chi connectivity index (χ2v) is 12.0. The van der Waals surface area contributed by atoms with Gasteiger partial charge in [0.25, 0.3) is 0 Å². The van der Waals surface area contributed by atoms with Gasteiger partial charge in [-0.15, -0.1) is 0 Å². The summed E-state index contributed by atoms with van der Waals surface area (Å²) in [5.74, 6) is 0.999.